The van der Waals surface area contributed by atoms with Crippen molar-refractivity contribution in [2.75, 3.05) is 26.8 Å². The Balaban J connectivity index is 3.60. The van der Waals surface area contributed by atoms with Gasteiger partial charge in [-0.3, -0.25) is 10.1 Å². The van der Waals surface area contributed by atoms with Crippen LogP contribution in [0, 0.1) is 5.92 Å². The highest BCUT2D eigenvalue weighted by Crippen LogP contribution is 1.91. The highest BCUT2D eigenvalue weighted by atomic mass is 16.5. The summed E-state index contributed by atoms with van der Waals surface area (Å²) in [5.74, 6) is 0.150. The number of amides is 3. The van der Waals surface area contributed by atoms with Gasteiger partial charge in [0.05, 0.1) is 12.6 Å². The normalized spacial score (nSPS) is 12.3. The van der Waals surface area contributed by atoms with Crippen LogP contribution in [0.15, 0.2) is 0 Å². The van der Waals surface area contributed by atoms with E-state index < -0.39 is 12.1 Å². The molecule has 100 valence electrons. The zero-order chi connectivity index (χ0) is 13.3. The SMILES string of the molecule is CNC(=O)NC(=O)C(C)NCCOCC(C)C. The number of carbonyl (C=O) groups excluding carboxylic acids is 2. The van der Waals surface area contributed by atoms with E-state index in [1.54, 1.807) is 6.92 Å². The third-order valence-corrected chi connectivity index (χ3v) is 2.01. The standard InChI is InChI=1S/C11H23N3O3/c1-8(2)7-17-6-5-13-9(3)10(15)14-11(16)12-4/h8-9,13H,5-7H2,1-4H3,(H2,12,14,15,16). The molecule has 17 heavy (non-hydrogen) atoms. The summed E-state index contributed by atoms with van der Waals surface area (Å²) in [5.41, 5.74) is 0. The van der Waals surface area contributed by atoms with E-state index in [0.29, 0.717) is 25.7 Å². The highest BCUT2D eigenvalue weighted by Gasteiger charge is 2.13. The maximum atomic E-state index is 11.4. The van der Waals surface area contributed by atoms with Crippen molar-refractivity contribution in [3.05, 3.63) is 0 Å². The fourth-order valence-electron chi connectivity index (χ4n) is 1.04. The molecule has 0 aromatic heterocycles. The topological polar surface area (TPSA) is 79.5 Å². The quantitative estimate of drug-likeness (QED) is 0.556. The van der Waals surface area contributed by atoms with Crippen LogP contribution in [-0.4, -0.2) is 44.8 Å². The van der Waals surface area contributed by atoms with Gasteiger partial charge in [-0.25, -0.2) is 4.79 Å². The van der Waals surface area contributed by atoms with Crippen molar-refractivity contribution in [2.24, 2.45) is 5.92 Å². The van der Waals surface area contributed by atoms with Gasteiger partial charge in [0.2, 0.25) is 5.91 Å². The summed E-state index contributed by atoms with van der Waals surface area (Å²) < 4.78 is 5.35. The lowest BCUT2D eigenvalue weighted by Gasteiger charge is -2.13. The number of carbonyl (C=O) groups is 2. The fourth-order valence-corrected chi connectivity index (χ4v) is 1.04. The molecule has 1 atom stereocenters. The number of ether oxygens (including phenoxy) is 1. The average Bonchev–Trinajstić information content (AvgIpc) is 2.27. The molecule has 0 aromatic rings. The van der Waals surface area contributed by atoms with Gasteiger partial charge in [-0.2, -0.15) is 0 Å². The van der Waals surface area contributed by atoms with Gasteiger partial charge in [-0.15, -0.1) is 0 Å². The molecule has 3 amide bonds. The van der Waals surface area contributed by atoms with Gasteiger partial charge in [0, 0.05) is 20.2 Å². The van der Waals surface area contributed by atoms with Gasteiger partial charge >= 0.3 is 6.03 Å². The monoisotopic (exact) mass is 245 g/mol. The molecular weight excluding hydrogens is 222 g/mol. The van der Waals surface area contributed by atoms with E-state index in [9.17, 15) is 9.59 Å². The Hall–Kier alpha value is -1.14. The second-order valence-electron chi connectivity index (χ2n) is 4.21. The molecule has 0 aromatic carbocycles. The Morgan fingerprint density at radius 1 is 1.24 bits per heavy atom. The van der Waals surface area contributed by atoms with Crippen LogP contribution in [0.1, 0.15) is 20.8 Å². The first-order chi connectivity index (χ1) is 7.97. The molecule has 6 heteroatoms. The number of nitrogens with one attached hydrogen (secondary N) is 3. The molecule has 0 saturated carbocycles. The summed E-state index contributed by atoms with van der Waals surface area (Å²) >= 11 is 0. The Morgan fingerprint density at radius 2 is 1.88 bits per heavy atom. The van der Waals surface area contributed by atoms with E-state index in [0.717, 1.165) is 0 Å². The summed E-state index contributed by atoms with van der Waals surface area (Å²) in [6.45, 7) is 7.69. The first-order valence-corrected chi connectivity index (χ1v) is 5.81. The maximum Gasteiger partial charge on any atom is 0.321 e. The summed E-state index contributed by atoms with van der Waals surface area (Å²) in [7, 11) is 1.46. The minimum absolute atomic E-state index is 0.354. The van der Waals surface area contributed by atoms with Gasteiger partial charge in [0.25, 0.3) is 0 Å². The second kappa shape index (κ2) is 8.95. The predicted molar refractivity (Wildman–Crippen MR) is 65.7 cm³/mol. The van der Waals surface area contributed by atoms with E-state index in [-0.39, 0.29) is 5.91 Å². The maximum absolute atomic E-state index is 11.4. The smallest absolute Gasteiger partial charge is 0.321 e. The minimum atomic E-state index is -0.500. The molecule has 0 spiro atoms. The van der Waals surface area contributed by atoms with Crippen molar-refractivity contribution in [1.29, 1.82) is 0 Å². The van der Waals surface area contributed by atoms with Gasteiger partial charge in [-0.1, -0.05) is 13.8 Å². The van der Waals surface area contributed by atoms with Crippen molar-refractivity contribution in [3.63, 3.8) is 0 Å². The van der Waals surface area contributed by atoms with Crippen LogP contribution < -0.4 is 16.0 Å². The zero-order valence-corrected chi connectivity index (χ0v) is 11.0. The number of hydrogen-bond donors (Lipinski definition) is 3. The average molecular weight is 245 g/mol. The van der Waals surface area contributed by atoms with E-state index in [2.05, 4.69) is 29.8 Å². The van der Waals surface area contributed by atoms with E-state index in [1.807, 2.05) is 0 Å². The number of rotatable bonds is 7. The van der Waals surface area contributed by atoms with Crippen molar-refractivity contribution >= 4 is 11.9 Å². The number of imide groups is 1. The largest absolute Gasteiger partial charge is 0.380 e. The molecule has 0 aliphatic rings. The van der Waals surface area contributed by atoms with Crippen LogP contribution in [-0.2, 0) is 9.53 Å². The van der Waals surface area contributed by atoms with Crippen LogP contribution in [0.2, 0.25) is 0 Å². The third kappa shape index (κ3) is 8.65. The molecule has 0 aliphatic heterocycles. The molecular formula is C11H23N3O3. The Labute approximate surface area is 102 Å². The number of urea groups is 1. The van der Waals surface area contributed by atoms with Crippen molar-refractivity contribution in [2.45, 2.75) is 26.8 Å². The summed E-state index contributed by atoms with van der Waals surface area (Å²) in [4.78, 5) is 22.3. The second-order valence-corrected chi connectivity index (χ2v) is 4.21. The van der Waals surface area contributed by atoms with Crippen molar-refractivity contribution in [3.8, 4) is 0 Å². The Kier molecular flexibility index (Phi) is 8.35. The molecule has 3 N–H and O–H groups in total. The molecule has 0 bridgehead atoms. The molecule has 6 nitrogen and oxygen atoms in total. The fraction of sp³-hybridized carbons (Fsp3) is 0.818. The summed E-state index contributed by atoms with van der Waals surface area (Å²) in [6.07, 6.45) is 0. The van der Waals surface area contributed by atoms with Gasteiger partial charge in [0.15, 0.2) is 0 Å². The first-order valence-electron chi connectivity index (χ1n) is 5.81. The molecule has 1 unspecified atom stereocenters. The van der Waals surface area contributed by atoms with E-state index in [1.165, 1.54) is 7.05 Å². The summed E-state index contributed by atoms with van der Waals surface area (Å²) in [6, 6.07) is -0.922. The Bertz CT molecular complexity index is 244. The van der Waals surface area contributed by atoms with E-state index in [4.69, 9.17) is 4.74 Å². The molecule has 0 saturated heterocycles. The molecule has 0 rings (SSSR count). The van der Waals surface area contributed by atoms with Crippen LogP contribution in [0.3, 0.4) is 0 Å². The van der Waals surface area contributed by atoms with Crippen LogP contribution >= 0.6 is 0 Å². The lowest BCUT2D eigenvalue weighted by atomic mass is 10.2. The third-order valence-electron chi connectivity index (χ3n) is 2.01. The first kappa shape index (κ1) is 15.9. The van der Waals surface area contributed by atoms with Crippen molar-refractivity contribution < 1.29 is 14.3 Å². The van der Waals surface area contributed by atoms with Gasteiger partial charge < -0.3 is 15.4 Å². The highest BCUT2D eigenvalue weighted by molar-refractivity contribution is 5.96. The molecule has 0 radical (unpaired) electrons. The molecule has 0 aliphatic carbocycles. The summed E-state index contributed by atoms with van der Waals surface area (Å²) in [5, 5.41) is 7.48. The van der Waals surface area contributed by atoms with Crippen LogP contribution in [0.5, 0.6) is 0 Å². The van der Waals surface area contributed by atoms with Crippen molar-refractivity contribution in [1.82, 2.24) is 16.0 Å². The van der Waals surface area contributed by atoms with Crippen LogP contribution in [0.4, 0.5) is 4.79 Å². The van der Waals surface area contributed by atoms with E-state index >= 15 is 0 Å². The molecule has 0 fully saturated rings. The van der Waals surface area contributed by atoms with Gasteiger partial charge in [0.1, 0.15) is 0 Å². The lowest BCUT2D eigenvalue weighted by Crippen LogP contribution is -2.47. The van der Waals surface area contributed by atoms with Crippen LogP contribution in [0.25, 0.3) is 0 Å². The Morgan fingerprint density at radius 3 is 2.41 bits per heavy atom. The zero-order valence-electron chi connectivity index (χ0n) is 11.0. The molecule has 0 heterocycles. The predicted octanol–water partition coefficient (Wildman–Crippen LogP) is 0.0927. The lowest BCUT2D eigenvalue weighted by molar-refractivity contribution is -0.121. The minimum Gasteiger partial charge on any atom is -0.380 e. The number of hydrogen-bond acceptors (Lipinski definition) is 4. The van der Waals surface area contributed by atoms with Gasteiger partial charge in [-0.05, 0) is 12.8 Å².